The fourth-order valence-electron chi connectivity index (χ4n) is 3.97. The first-order chi connectivity index (χ1) is 10.9. The lowest BCUT2D eigenvalue weighted by Gasteiger charge is -2.49. The van der Waals surface area contributed by atoms with E-state index >= 15 is 0 Å². The van der Waals surface area contributed by atoms with Gasteiger partial charge in [0.1, 0.15) is 5.82 Å². The van der Waals surface area contributed by atoms with Gasteiger partial charge in [-0.15, -0.1) is 0 Å². The zero-order valence-corrected chi connectivity index (χ0v) is 15.3. The summed E-state index contributed by atoms with van der Waals surface area (Å²) in [6.45, 7) is 2.95. The third-order valence-corrected chi connectivity index (χ3v) is 5.12. The maximum atomic E-state index is 14.3. The van der Waals surface area contributed by atoms with Crippen molar-refractivity contribution in [1.29, 1.82) is 0 Å². The van der Waals surface area contributed by atoms with E-state index in [0.717, 1.165) is 23.9 Å². The van der Waals surface area contributed by atoms with Crippen LogP contribution < -0.4 is 0 Å². The Kier molecular flexibility index (Phi) is 4.56. The van der Waals surface area contributed by atoms with Crippen molar-refractivity contribution >= 4 is 22.1 Å². The molecular weight excluding hydrogens is 359 g/mol. The Morgan fingerprint density at radius 3 is 2.83 bits per heavy atom. The zero-order valence-electron chi connectivity index (χ0n) is 13.7. The maximum Gasteiger partial charge on any atom is 0.177 e. The van der Waals surface area contributed by atoms with Crippen LogP contribution in [-0.4, -0.2) is 47.9 Å². The number of rotatable bonds is 4. The number of hydrogen-bond donors (Lipinski definition) is 0. The molecule has 0 amide bonds. The van der Waals surface area contributed by atoms with Crippen molar-refractivity contribution in [2.45, 2.75) is 31.5 Å². The van der Waals surface area contributed by atoms with Crippen LogP contribution in [0.4, 0.5) is 4.39 Å². The average molecular weight is 381 g/mol. The van der Waals surface area contributed by atoms with Crippen molar-refractivity contribution in [3.8, 4) is 0 Å². The van der Waals surface area contributed by atoms with Crippen molar-refractivity contribution < 1.29 is 4.39 Å². The minimum absolute atomic E-state index is 0.0733. The van der Waals surface area contributed by atoms with E-state index in [1.807, 2.05) is 26.5 Å². The molecule has 1 saturated carbocycles. The van der Waals surface area contributed by atoms with E-state index in [1.165, 1.54) is 6.07 Å². The lowest BCUT2D eigenvalue weighted by Crippen LogP contribution is -2.53. The van der Waals surface area contributed by atoms with Crippen molar-refractivity contribution in [2.24, 2.45) is 10.9 Å². The summed E-state index contributed by atoms with van der Waals surface area (Å²) in [5.41, 5.74) is 0.387. The van der Waals surface area contributed by atoms with E-state index in [9.17, 15) is 4.39 Å². The summed E-state index contributed by atoms with van der Waals surface area (Å²) in [5, 5.41) is 0. The van der Waals surface area contributed by atoms with E-state index < -0.39 is 0 Å². The third-order valence-electron chi connectivity index (χ3n) is 4.71. The highest BCUT2D eigenvalue weighted by Crippen LogP contribution is 2.48. The summed E-state index contributed by atoms with van der Waals surface area (Å²) in [6.07, 6.45) is 7.37. The number of pyridine rings is 1. The van der Waals surface area contributed by atoms with Gasteiger partial charge in [0, 0.05) is 37.6 Å². The minimum atomic E-state index is -0.214. The van der Waals surface area contributed by atoms with Gasteiger partial charge in [0.05, 0.1) is 10.2 Å². The number of aromatic nitrogens is 1. The second-order valence-electron chi connectivity index (χ2n) is 6.85. The van der Waals surface area contributed by atoms with Crippen LogP contribution in [0.2, 0.25) is 0 Å². The molecule has 23 heavy (non-hydrogen) atoms. The van der Waals surface area contributed by atoms with Crippen LogP contribution in [-0.2, 0) is 5.41 Å². The van der Waals surface area contributed by atoms with Gasteiger partial charge in [-0.25, -0.2) is 4.39 Å². The molecule has 2 heterocycles. The molecule has 0 N–H and O–H groups in total. The SMILES string of the molecule is CC1CC(CN(C)C2N=CC(Br)=CN2C)(c2ncccc2F)C1. The number of hydrogen-bond acceptors (Lipinski definition) is 4. The quantitative estimate of drug-likeness (QED) is 0.802. The Bertz CT molecular complexity index is 639. The van der Waals surface area contributed by atoms with Gasteiger partial charge >= 0.3 is 0 Å². The molecule has 0 aromatic carbocycles. The normalized spacial score (nSPS) is 30.3. The standard InChI is InChI=1S/C17H22BrFN4/c1-12-7-17(8-12,15-14(19)5-4-6-20-15)11-23(3)16-21-9-13(18)10-22(16)2/h4-6,9-10,12,16H,7-8,11H2,1-3H3. The topological polar surface area (TPSA) is 31.7 Å². The first-order valence-electron chi connectivity index (χ1n) is 7.85. The molecule has 0 bridgehead atoms. The van der Waals surface area contributed by atoms with E-state index in [2.05, 4.69) is 42.6 Å². The Labute approximate surface area is 145 Å². The maximum absolute atomic E-state index is 14.3. The summed E-state index contributed by atoms with van der Waals surface area (Å²) in [7, 11) is 4.04. The molecular formula is C17H22BrFN4. The molecule has 1 aromatic heterocycles. The summed E-state index contributed by atoms with van der Waals surface area (Å²) in [5.74, 6) is 0.405. The highest BCUT2D eigenvalue weighted by atomic mass is 79.9. The number of likely N-dealkylation sites (N-methyl/N-ethyl adjacent to an activating group) is 1. The Balaban J connectivity index is 1.81. The van der Waals surface area contributed by atoms with Gasteiger partial charge < -0.3 is 4.90 Å². The zero-order chi connectivity index (χ0) is 16.6. The molecule has 1 atom stereocenters. The van der Waals surface area contributed by atoms with Crippen LogP contribution in [0.25, 0.3) is 0 Å². The van der Waals surface area contributed by atoms with Crippen LogP contribution >= 0.6 is 15.9 Å². The molecule has 1 aliphatic carbocycles. The van der Waals surface area contributed by atoms with E-state index in [1.54, 1.807) is 12.3 Å². The number of halogens is 2. The molecule has 1 unspecified atom stereocenters. The molecule has 6 heteroatoms. The summed E-state index contributed by atoms with van der Waals surface area (Å²) < 4.78 is 15.3. The lowest BCUT2D eigenvalue weighted by atomic mass is 9.60. The van der Waals surface area contributed by atoms with Gasteiger partial charge in [-0.2, -0.15) is 0 Å². The first-order valence-corrected chi connectivity index (χ1v) is 8.64. The molecule has 4 nitrogen and oxygen atoms in total. The van der Waals surface area contributed by atoms with Crippen molar-refractivity contribution in [1.82, 2.24) is 14.8 Å². The second-order valence-corrected chi connectivity index (χ2v) is 7.76. The molecule has 0 saturated heterocycles. The van der Waals surface area contributed by atoms with Gasteiger partial charge in [-0.3, -0.25) is 14.9 Å². The largest absolute Gasteiger partial charge is 0.346 e. The average Bonchev–Trinajstić information content (AvgIpc) is 2.45. The Morgan fingerprint density at radius 2 is 2.22 bits per heavy atom. The second kappa shape index (κ2) is 6.32. The Morgan fingerprint density at radius 1 is 1.48 bits per heavy atom. The highest BCUT2D eigenvalue weighted by Gasteiger charge is 2.47. The molecule has 0 spiro atoms. The number of aliphatic imine (C=N–C) groups is 1. The summed E-state index contributed by atoms with van der Waals surface area (Å²) >= 11 is 3.44. The summed E-state index contributed by atoms with van der Waals surface area (Å²) in [4.78, 5) is 13.2. The first kappa shape index (κ1) is 16.6. The van der Waals surface area contributed by atoms with Gasteiger partial charge in [0.25, 0.3) is 0 Å². The molecule has 1 fully saturated rings. The number of allylic oxidation sites excluding steroid dienone is 1. The van der Waals surface area contributed by atoms with Gasteiger partial charge in [0.15, 0.2) is 6.29 Å². The van der Waals surface area contributed by atoms with E-state index in [0.29, 0.717) is 11.6 Å². The molecule has 1 aliphatic heterocycles. The van der Waals surface area contributed by atoms with Crippen molar-refractivity contribution in [3.63, 3.8) is 0 Å². The predicted molar refractivity (Wildman–Crippen MR) is 94.0 cm³/mol. The van der Waals surface area contributed by atoms with Crippen LogP contribution in [0.15, 0.2) is 34.0 Å². The number of nitrogens with zero attached hydrogens (tertiary/aromatic N) is 4. The van der Waals surface area contributed by atoms with Gasteiger partial charge in [-0.05, 0) is 53.9 Å². The predicted octanol–water partition coefficient (Wildman–Crippen LogP) is 3.36. The molecule has 2 aliphatic rings. The van der Waals surface area contributed by atoms with Crippen molar-refractivity contribution in [2.75, 3.05) is 20.6 Å². The van der Waals surface area contributed by atoms with Crippen LogP contribution in [0.3, 0.4) is 0 Å². The monoisotopic (exact) mass is 380 g/mol. The van der Waals surface area contributed by atoms with E-state index in [-0.39, 0.29) is 17.5 Å². The molecule has 124 valence electrons. The fourth-order valence-corrected chi connectivity index (χ4v) is 4.41. The lowest BCUT2D eigenvalue weighted by molar-refractivity contribution is 0.0446. The fraction of sp³-hybridized carbons (Fsp3) is 0.529. The van der Waals surface area contributed by atoms with Crippen LogP contribution in [0.5, 0.6) is 0 Å². The highest BCUT2D eigenvalue weighted by molar-refractivity contribution is 9.12. The minimum Gasteiger partial charge on any atom is -0.346 e. The van der Waals surface area contributed by atoms with Crippen LogP contribution in [0, 0.1) is 11.7 Å². The van der Waals surface area contributed by atoms with E-state index in [4.69, 9.17) is 0 Å². The smallest absolute Gasteiger partial charge is 0.177 e. The van der Waals surface area contributed by atoms with Gasteiger partial charge in [-0.1, -0.05) is 6.92 Å². The van der Waals surface area contributed by atoms with Gasteiger partial charge in [0.2, 0.25) is 0 Å². The molecule has 0 radical (unpaired) electrons. The molecule has 3 rings (SSSR count). The summed E-state index contributed by atoms with van der Waals surface area (Å²) in [6, 6.07) is 3.16. The third kappa shape index (κ3) is 3.19. The Hall–Kier alpha value is -1.27. The van der Waals surface area contributed by atoms with Crippen LogP contribution in [0.1, 0.15) is 25.5 Å². The van der Waals surface area contributed by atoms with Crippen molar-refractivity contribution in [3.05, 3.63) is 40.5 Å². The molecule has 1 aromatic rings.